The molecule has 3 heterocycles. The van der Waals surface area contributed by atoms with Gasteiger partial charge in [-0.1, -0.05) is 18.2 Å². The SMILES string of the molecule is Cc1cc(N2CCN(C(=O)[C@H]3COc4ccccc4C3)CC2)cc(C)n1. The monoisotopic (exact) mass is 351 g/mol. The van der Waals surface area contributed by atoms with Crippen molar-refractivity contribution in [2.45, 2.75) is 20.3 Å². The minimum atomic E-state index is -0.0677. The summed E-state index contributed by atoms with van der Waals surface area (Å²) in [4.78, 5) is 21.7. The van der Waals surface area contributed by atoms with Crippen LogP contribution < -0.4 is 9.64 Å². The van der Waals surface area contributed by atoms with E-state index in [1.54, 1.807) is 0 Å². The molecule has 26 heavy (non-hydrogen) atoms. The van der Waals surface area contributed by atoms with E-state index in [4.69, 9.17) is 4.74 Å². The number of benzene rings is 1. The molecule has 2 aliphatic heterocycles. The summed E-state index contributed by atoms with van der Waals surface area (Å²) >= 11 is 0. The molecule has 0 aliphatic carbocycles. The van der Waals surface area contributed by atoms with Crippen molar-refractivity contribution in [3.63, 3.8) is 0 Å². The van der Waals surface area contributed by atoms with E-state index in [0.29, 0.717) is 6.61 Å². The molecule has 0 N–H and O–H groups in total. The molecule has 2 aromatic rings. The van der Waals surface area contributed by atoms with Crippen molar-refractivity contribution < 1.29 is 9.53 Å². The molecular weight excluding hydrogens is 326 g/mol. The molecule has 0 radical (unpaired) electrons. The maximum absolute atomic E-state index is 12.9. The molecule has 4 rings (SSSR count). The molecule has 1 aromatic heterocycles. The van der Waals surface area contributed by atoms with Gasteiger partial charge >= 0.3 is 0 Å². The Kier molecular flexibility index (Phi) is 4.53. The number of carbonyl (C=O) groups excluding carboxylic acids is 1. The second-order valence-corrected chi connectivity index (χ2v) is 7.24. The Bertz CT molecular complexity index is 792. The number of pyridine rings is 1. The van der Waals surface area contributed by atoms with Gasteiger partial charge in [0.1, 0.15) is 12.4 Å². The lowest BCUT2D eigenvalue weighted by molar-refractivity contribution is -0.137. The van der Waals surface area contributed by atoms with Crippen LogP contribution in [0.25, 0.3) is 0 Å². The number of fused-ring (bicyclic) bond motifs is 1. The number of aryl methyl sites for hydroxylation is 2. The van der Waals surface area contributed by atoms with E-state index in [9.17, 15) is 4.79 Å². The molecule has 1 fully saturated rings. The first kappa shape index (κ1) is 16.9. The lowest BCUT2D eigenvalue weighted by Gasteiger charge is -2.38. The average molecular weight is 351 g/mol. The number of aromatic nitrogens is 1. The normalized spacial score (nSPS) is 19.7. The predicted molar refractivity (Wildman–Crippen MR) is 102 cm³/mol. The number of carbonyl (C=O) groups is 1. The molecule has 1 saturated heterocycles. The Morgan fingerprint density at radius 3 is 2.50 bits per heavy atom. The van der Waals surface area contributed by atoms with Gasteiger partial charge in [0.2, 0.25) is 5.91 Å². The van der Waals surface area contributed by atoms with Gasteiger partial charge in [0.15, 0.2) is 0 Å². The van der Waals surface area contributed by atoms with E-state index in [-0.39, 0.29) is 11.8 Å². The molecule has 5 nitrogen and oxygen atoms in total. The van der Waals surface area contributed by atoms with Gasteiger partial charge in [-0.25, -0.2) is 0 Å². The molecule has 1 atom stereocenters. The van der Waals surface area contributed by atoms with Gasteiger partial charge in [0, 0.05) is 43.3 Å². The van der Waals surface area contributed by atoms with Crippen molar-refractivity contribution in [1.82, 2.24) is 9.88 Å². The van der Waals surface area contributed by atoms with Crippen molar-refractivity contribution in [1.29, 1.82) is 0 Å². The lowest BCUT2D eigenvalue weighted by atomic mass is 9.95. The molecular formula is C21H25N3O2. The van der Waals surface area contributed by atoms with E-state index < -0.39 is 0 Å². The van der Waals surface area contributed by atoms with Crippen LogP contribution in [0.2, 0.25) is 0 Å². The van der Waals surface area contributed by atoms with Gasteiger partial charge in [-0.3, -0.25) is 9.78 Å². The Labute approximate surface area is 154 Å². The highest BCUT2D eigenvalue weighted by molar-refractivity contribution is 5.80. The first-order chi connectivity index (χ1) is 12.6. The highest BCUT2D eigenvalue weighted by atomic mass is 16.5. The lowest BCUT2D eigenvalue weighted by Crippen LogP contribution is -2.51. The molecule has 0 saturated carbocycles. The van der Waals surface area contributed by atoms with Gasteiger partial charge in [0.05, 0.1) is 5.92 Å². The third-order valence-corrected chi connectivity index (χ3v) is 5.25. The topological polar surface area (TPSA) is 45.7 Å². The molecule has 2 aliphatic rings. The number of anilines is 1. The summed E-state index contributed by atoms with van der Waals surface area (Å²) in [6.07, 6.45) is 0.776. The summed E-state index contributed by atoms with van der Waals surface area (Å²) < 4.78 is 5.80. The fourth-order valence-corrected chi connectivity index (χ4v) is 3.92. The first-order valence-electron chi connectivity index (χ1n) is 9.30. The standard InChI is InChI=1S/C21H25N3O2/c1-15-11-19(12-16(2)22-15)23-7-9-24(10-8-23)21(25)18-13-17-5-3-4-6-20(17)26-14-18/h3-6,11-12,18H,7-10,13-14H2,1-2H3/t18-/m1/s1. The maximum atomic E-state index is 12.9. The number of ether oxygens (including phenoxy) is 1. The van der Waals surface area contributed by atoms with Gasteiger partial charge in [-0.05, 0) is 44.0 Å². The number of piperazine rings is 1. The number of hydrogen-bond donors (Lipinski definition) is 0. The van der Waals surface area contributed by atoms with Crippen molar-refractivity contribution in [3.05, 3.63) is 53.3 Å². The van der Waals surface area contributed by atoms with E-state index in [0.717, 1.165) is 55.3 Å². The van der Waals surface area contributed by atoms with Crippen molar-refractivity contribution >= 4 is 11.6 Å². The minimum absolute atomic E-state index is 0.0677. The quantitative estimate of drug-likeness (QED) is 0.834. The van der Waals surface area contributed by atoms with Crippen molar-refractivity contribution in [2.24, 2.45) is 5.92 Å². The summed E-state index contributed by atoms with van der Waals surface area (Å²) in [5, 5.41) is 0. The molecule has 0 spiro atoms. The van der Waals surface area contributed by atoms with Crippen LogP contribution in [0.4, 0.5) is 5.69 Å². The van der Waals surface area contributed by atoms with Gasteiger partial charge in [-0.15, -0.1) is 0 Å². The van der Waals surface area contributed by atoms with Crippen LogP contribution in [0.3, 0.4) is 0 Å². The van der Waals surface area contributed by atoms with Crippen molar-refractivity contribution in [3.8, 4) is 5.75 Å². The van der Waals surface area contributed by atoms with Gasteiger partial charge in [-0.2, -0.15) is 0 Å². The largest absolute Gasteiger partial charge is 0.492 e. The second kappa shape index (κ2) is 6.98. The number of rotatable bonds is 2. The van der Waals surface area contributed by atoms with E-state index >= 15 is 0 Å². The third kappa shape index (κ3) is 3.39. The minimum Gasteiger partial charge on any atom is -0.492 e. The van der Waals surface area contributed by atoms with E-state index in [1.165, 1.54) is 5.69 Å². The molecule has 0 unspecified atom stereocenters. The zero-order valence-electron chi connectivity index (χ0n) is 15.4. The fourth-order valence-electron chi connectivity index (χ4n) is 3.92. The van der Waals surface area contributed by atoms with Crippen LogP contribution in [0.1, 0.15) is 17.0 Å². The molecule has 0 bridgehead atoms. The summed E-state index contributed by atoms with van der Waals surface area (Å²) in [7, 11) is 0. The Morgan fingerprint density at radius 1 is 1.08 bits per heavy atom. The zero-order valence-corrected chi connectivity index (χ0v) is 15.4. The Morgan fingerprint density at radius 2 is 1.77 bits per heavy atom. The van der Waals surface area contributed by atoms with Crippen LogP contribution in [-0.4, -0.2) is 48.6 Å². The van der Waals surface area contributed by atoms with Crippen LogP contribution in [0.5, 0.6) is 5.75 Å². The molecule has 1 aromatic carbocycles. The van der Waals surface area contributed by atoms with Crippen LogP contribution >= 0.6 is 0 Å². The van der Waals surface area contributed by atoms with Crippen LogP contribution in [0, 0.1) is 19.8 Å². The number of hydrogen-bond acceptors (Lipinski definition) is 4. The van der Waals surface area contributed by atoms with E-state index in [2.05, 4.69) is 28.1 Å². The summed E-state index contributed by atoms with van der Waals surface area (Å²) in [6, 6.07) is 12.3. The van der Waals surface area contributed by atoms with Gasteiger partial charge in [0.25, 0.3) is 0 Å². The van der Waals surface area contributed by atoms with Crippen LogP contribution in [-0.2, 0) is 11.2 Å². The maximum Gasteiger partial charge on any atom is 0.229 e. The number of nitrogens with zero attached hydrogens (tertiary/aromatic N) is 3. The predicted octanol–water partition coefficient (Wildman–Crippen LogP) is 2.60. The number of para-hydroxylation sites is 1. The zero-order chi connectivity index (χ0) is 18.1. The van der Waals surface area contributed by atoms with Crippen LogP contribution in [0.15, 0.2) is 36.4 Å². The number of amides is 1. The molecule has 5 heteroatoms. The third-order valence-electron chi connectivity index (χ3n) is 5.25. The average Bonchev–Trinajstić information content (AvgIpc) is 2.66. The highest BCUT2D eigenvalue weighted by Gasteiger charge is 2.31. The second-order valence-electron chi connectivity index (χ2n) is 7.24. The summed E-state index contributed by atoms with van der Waals surface area (Å²) in [5.74, 6) is 1.08. The molecule has 136 valence electrons. The smallest absolute Gasteiger partial charge is 0.229 e. The summed E-state index contributed by atoms with van der Waals surface area (Å²) in [5.41, 5.74) is 4.42. The fraction of sp³-hybridized carbons (Fsp3) is 0.429. The highest BCUT2D eigenvalue weighted by Crippen LogP contribution is 2.28. The first-order valence-corrected chi connectivity index (χ1v) is 9.30. The van der Waals surface area contributed by atoms with Gasteiger partial charge < -0.3 is 14.5 Å². The Balaban J connectivity index is 1.38. The van der Waals surface area contributed by atoms with E-state index in [1.807, 2.05) is 36.9 Å². The Hall–Kier alpha value is -2.56. The van der Waals surface area contributed by atoms with Crippen molar-refractivity contribution in [2.75, 3.05) is 37.7 Å². The summed E-state index contributed by atoms with van der Waals surface area (Å²) in [6.45, 7) is 7.78. The molecule has 1 amide bonds.